The largest absolute Gasteiger partial charge is 0.480 e. The number of benzene rings is 2. The molecule has 1 aliphatic rings. The summed E-state index contributed by atoms with van der Waals surface area (Å²) >= 11 is 0. The molecule has 0 radical (unpaired) electrons. The molecule has 7 heteroatoms. The number of carbonyl (C=O) groups is 3. The Bertz CT molecular complexity index is 942. The number of carboxylic acid groups (broad SMARTS) is 1. The third-order valence-corrected chi connectivity index (χ3v) is 5.67. The van der Waals surface area contributed by atoms with E-state index >= 15 is 0 Å². The van der Waals surface area contributed by atoms with Crippen LogP contribution in [0.25, 0.3) is 11.1 Å². The summed E-state index contributed by atoms with van der Waals surface area (Å²) in [4.78, 5) is 38.9. The third kappa shape index (κ3) is 4.55. The molecule has 2 aromatic carbocycles. The summed E-state index contributed by atoms with van der Waals surface area (Å²) in [7, 11) is 2.92. The summed E-state index contributed by atoms with van der Waals surface area (Å²) in [5, 5.41) is 8.97. The SMILES string of the molecule is CC(C)C(C(=O)N(C)CC(=O)O)N(C)C(=O)OCC1c2ccccc2-c2ccccc21. The molecule has 0 aromatic heterocycles. The van der Waals surface area contributed by atoms with Gasteiger partial charge >= 0.3 is 12.1 Å². The monoisotopic (exact) mass is 424 g/mol. The number of carboxylic acids is 1. The molecule has 1 aliphatic carbocycles. The van der Waals surface area contributed by atoms with E-state index in [1.165, 1.54) is 19.0 Å². The number of hydrogen-bond acceptors (Lipinski definition) is 4. The van der Waals surface area contributed by atoms with Crippen molar-refractivity contribution in [3.8, 4) is 11.1 Å². The van der Waals surface area contributed by atoms with E-state index in [9.17, 15) is 14.4 Å². The molecule has 1 atom stereocenters. The van der Waals surface area contributed by atoms with Crippen LogP contribution >= 0.6 is 0 Å². The maximum Gasteiger partial charge on any atom is 0.410 e. The number of carbonyl (C=O) groups excluding carboxylic acids is 2. The van der Waals surface area contributed by atoms with Crippen molar-refractivity contribution in [2.75, 3.05) is 27.2 Å². The molecule has 3 rings (SSSR count). The highest BCUT2D eigenvalue weighted by Crippen LogP contribution is 2.44. The quantitative estimate of drug-likeness (QED) is 0.736. The van der Waals surface area contributed by atoms with Crippen molar-refractivity contribution in [2.24, 2.45) is 5.92 Å². The summed E-state index contributed by atoms with van der Waals surface area (Å²) in [5.74, 6) is -1.84. The van der Waals surface area contributed by atoms with Gasteiger partial charge in [-0.3, -0.25) is 14.5 Å². The first-order valence-electron chi connectivity index (χ1n) is 10.3. The lowest BCUT2D eigenvalue weighted by atomic mass is 9.98. The van der Waals surface area contributed by atoms with Crippen molar-refractivity contribution < 1.29 is 24.2 Å². The minimum Gasteiger partial charge on any atom is -0.480 e. The van der Waals surface area contributed by atoms with Gasteiger partial charge in [0.2, 0.25) is 5.91 Å². The molecule has 0 spiro atoms. The molecule has 0 heterocycles. The van der Waals surface area contributed by atoms with Crippen LogP contribution in [0.5, 0.6) is 0 Å². The van der Waals surface area contributed by atoms with Crippen LogP contribution in [-0.2, 0) is 14.3 Å². The fourth-order valence-electron chi connectivity index (χ4n) is 4.21. The fraction of sp³-hybridized carbons (Fsp3) is 0.375. The van der Waals surface area contributed by atoms with Crippen LogP contribution in [0, 0.1) is 5.92 Å². The lowest BCUT2D eigenvalue weighted by Gasteiger charge is -2.32. The summed E-state index contributed by atoms with van der Waals surface area (Å²) in [5.41, 5.74) is 4.49. The Hall–Kier alpha value is -3.35. The van der Waals surface area contributed by atoms with Crippen molar-refractivity contribution in [3.05, 3.63) is 59.7 Å². The molecule has 2 aromatic rings. The van der Waals surface area contributed by atoms with Crippen LogP contribution in [0.4, 0.5) is 4.79 Å². The van der Waals surface area contributed by atoms with Crippen molar-refractivity contribution in [3.63, 3.8) is 0 Å². The van der Waals surface area contributed by atoms with Crippen molar-refractivity contribution in [2.45, 2.75) is 25.8 Å². The van der Waals surface area contributed by atoms with Gasteiger partial charge in [-0.2, -0.15) is 0 Å². The lowest BCUT2D eigenvalue weighted by Crippen LogP contribution is -2.52. The molecule has 0 aliphatic heterocycles. The Balaban J connectivity index is 1.74. The second-order valence-electron chi connectivity index (χ2n) is 8.19. The molecule has 0 fully saturated rings. The van der Waals surface area contributed by atoms with Gasteiger partial charge in [0, 0.05) is 20.0 Å². The number of hydrogen-bond donors (Lipinski definition) is 1. The minimum atomic E-state index is -1.11. The first kappa shape index (κ1) is 22.3. The van der Waals surface area contributed by atoms with Crippen LogP contribution in [0.2, 0.25) is 0 Å². The zero-order chi connectivity index (χ0) is 22.7. The maximum atomic E-state index is 12.8. The maximum absolute atomic E-state index is 12.8. The topological polar surface area (TPSA) is 87.2 Å². The summed E-state index contributed by atoms with van der Waals surface area (Å²) < 4.78 is 5.64. The average Bonchev–Trinajstić information content (AvgIpc) is 3.05. The molecule has 1 unspecified atom stereocenters. The fourth-order valence-corrected chi connectivity index (χ4v) is 4.21. The Labute approximate surface area is 182 Å². The van der Waals surface area contributed by atoms with Gasteiger partial charge in [-0.15, -0.1) is 0 Å². The molecule has 164 valence electrons. The standard InChI is InChI=1S/C24H28N2O5/c1-15(2)22(23(29)25(3)13-21(27)28)26(4)24(30)31-14-20-18-11-7-5-9-16(18)17-10-6-8-12-19(17)20/h5-12,15,20,22H,13-14H2,1-4H3,(H,27,28). The Morgan fingerprint density at radius 3 is 1.97 bits per heavy atom. The highest BCUT2D eigenvalue weighted by molar-refractivity contribution is 5.88. The van der Waals surface area contributed by atoms with E-state index in [-0.39, 0.29) is 18.4 Å². The summed E-state index contributed by atoms with van der Waals surface area (Å²) in [6.45, 7) is 3.34. The second-order valence-corrected chi connectivity index (χ2v) is 8.19. The third-order valence-electron chi connectivity index (χ3n) is 5.67. The lowest BCUT2D eigenvalue weighted by molar-refractivity contribution is -0.146. The van der Waals surface area contributed by atoms with Crippen molar-refractivity contribution in [1.29, 1.82) is 0 Å². The zero-order valence-corrected chi connectivity index (χ0v) is 18.2. The minimum absolute atomic E-state index is 0.0763. The van der Waals surface area contributed by atoms with E-state index < -0.39 is 30.6 Å². The highest BCUT2D eigenvalue weighted by Gasteiger charge is 2.35. The smallest absolute Gasteiger partial charge is 0.410 e. The number of nitrogens with zero attached hydrogens (tertiary/aromatic N) is 2. The number of aliphatic carboxylic acids is 1. The van der Waals surface area contributed by atoms with Crippen LogP contribution in [-0.4, -0.2) is 66.2 Å². The van der Waals surface area contributed by atoms with Crippen molar-refractivity contribution >= 4 is 18.0 Å². The van der Waals surface area contributed by atoms with Gasteiger partial charge < -0.3 is 14.7 Å². The van der Waals surface area contributed by atoms with Gasteiger partial charge in [-0.1, -0.05) is 62.4 Å². The van der Waals surface area contributed by atoms with Crippen LogP contribution in [0.1, 0.15) is 30.9 Å². The number of fused-ring (bicyclic) bond motifs is 3. The van der Waals surface area contributed by atoms with Gasteiger partial charge in [0.1, 0.15) is 19.2 Å². The van der Waals surface area contributed by atoms with Crippen LogP contribution in [0.15, 0.2) is 48.5 Å². The van der Waals surface area contributed by atoms with Gasteiger partial charge in [0.05, 0.1) is 0 Å². The number of ether oxygens (including phenoxy) is 1. The molecule has 1 N–H and O–H groups in total. The number of amides is 2. The summed E-state index contributed by atoms with van der Waals surface area (Å²) in [6, 6.07) is 15.3. The molecule has 0 saturated carbocycles. The molecule has 0 bridgehead atoms. The van der Waals surface area contributed by atoms with Gasteiger partial charge in [0.25, 0.3) is 0 Å². The molecular weight excluding hydrogens is 396 g/mol. The normalized spacial score (nSPS) is 13.3. The van der Waals surface area contributed by atoms with Crippen molar-refractivity contribution in [1.82, 2.24) is 9.80 Å². The van der Waals surface area contributed by atoms with Gasteiger partial charge in [0.15, 0.2) is 0 Å². The zero-order valence-electron chi connectivity index (χ0n) is 18.2. The molecule has 7 nitrogen and oxygen atoms in total. The highest BCUT2D eigenvalue weighted by atomic mass is 16.6. The van der Waals surface area contributed by atoms with E-state index in [0.29, 0.717) is 0 Å². The molecule has 2 amide bonds. The first-order chi connectivity index (χ1) is 14.7. The van der Waals surface area contributed by atoms with E-state index in [1.54, 1.807) is 0 Å². The molecular formula is C24H28N2O5. The molecule has 31 heavy (non-hydrogen) atoms. The Kier molecular flexibility index (Phi) is 6.63. The predicted molar refractivity (Wildman–Crippen MR) is 117 cm³/mol. The first-order valence-corrected chi connectivity index (χ1v) is 10.3. The molecule has 0 saturated heterocycles. The average molecular weight is 424 g/mol. The second kappa shape index (κ2) is 9.20. The Morgan fingerprint density at radius 1 is 0.968 bits per heavy atom. The van der Waals surface area contributed by atoms with Gasteiger partial charge in [-0.25, -0.2) is 4.79 Å². The van der Waals surface area contributed by atoms with E-state index in [1.807, 2.05) is 50.2 Å². The predicted octanol–water partition coefficient (Wildman–Crippen LogP) is 3.43. The number of likely N-dealkylation sites (N-methyl/N-ethyl adjacent to an activating group) is 2. The Morgan fingerprint density at radius 2 is 1.48 bits per heavy atom. The van der Waals surface area contributed by atoms with Gasteiger partial charge in [-0.05, 0) is 28.2 Å². The van der Waals surface area contributed by atoms with Crippen LogP contribution < -0.4 is 0 Å². The van der Waals surface area contributed by atoms with E-state index in [2.05, 4.69) is 12.1 Å². The van der Waals surface area contributed by atoms with E-state index in [4.69, 9.17) is 9.84 Å². The van der Waals surface area contributed by atoms with E-state index in [0.717, 1.165) is 27.2 Å². The number of rotatable bonds is 7. The summed E-state index contributed by atoms with van der Waals surface area (Å²) in [6.07, 6.45) is -0.613. The van der Waals surface area contributed by atoms with Crippen LogP contribution in [0.3, 0.4) is 0 Å².